The molecule has 0 aliphatic carbocycles. The standard InChI is InChI=1S/C63H118O14Si4/c1-30-36-42(7)56-63(22,73-56)57(77-80(28,29)62(19,20)21)48(41-72-59(68)71-38-32-3)53(76-81(33-4,34-5)35-6)45(10)50(65)40-49(64)43(8)39-44(9)52(74-78(24,25)60(13,14)15)46(11)51(66)47(12)54(69-23)55(58(67)70-37-31-2)75-79(26,27)61(16,17)18/h30-32,36,39,42-43,45-48,50,52-57,65H,2-3,33-35,37-38,40-41H2,1,4-29H3/b36-30-,44-39+/t42-,43-,45+,46-,47+,48-,50-,52-,53+,54-,55+,56+,57-,63-/m0/s1. The molecule has 1 saturated heterocycles. The molecular weight excluding hydrogens is 1090 g/mol. The van der Waals surface area contributed by atoms with Gasteiger partial charge in [-0.2, -0.15) is 0 Å². The molecule has 1 aliphatic rings. The molecule has 0 unspecified atom stereocenters. The Morgan fingerprint density at radius 2 is 1.16 bits per heavy atom. The molecule has 18 heteroatoms. The third-order valence-corrected chi connectivity index (χ3v) is 37.0. The summed E-state index contributed by atoms with van der Waals surface area (Å²) in [7, 11) is -8.87. The molecule has 14 nitrogen and oxygen atoms in total. The van der Waals surface area contributed by atoms with Gasteiger partial charge < -0.3 is 46.5 Å². The monoisotopic (exact) mass is 1210 g/mol. The maximum atomic E-state index is 15.1. The first-order chi connectivity index (χ1) is 36.9. The van der Waals surface area contributed by atoms with Crippen LogP contribution in [0.4, 0.5) is 4.79 Å². The van der Waals surface area contributed by atoms with Gasteiger partial charge in [-0.3, -0.25) is 9.59 Å². The van der Waals surface area contributed by atoms with Crippen molar-refractivity contribution in [2.45, 2.75) is 266 Å². The minimum atomic E-state index is -2.61. The Bertz CT molecular complexity index is 2090. The molecule has 1 aliphatic heterocycles. The highest BCUT2D eigenvalue weighted by Gasteiger charge is 2.65. The molecule has 1 fully saturated rings. The van der Waals surface area contributed by atoms with Gasteiger partial charge in [0.05, 0.1) is 30.5 Å². The molecule has 0 aromatic heterocycles. The van der Waals surface area contributed by atoms with Crippen molar-refractivity contribution >= 4 is 57.0 Å². The molecule has 14 atom stereocenters. The molecule has 81 heavy (non-hydrogen) atoms. The van der Waals surface area contributed by atoms with E-state index in [1.54, 1.807) is 6.92 Å². The van der Waals surface area contributed by atoms with Gasteiger partial charge in [-0.1, -0.05) is 161 Å². The second-order valence-electron chi connectivity index (χ2n) is 28.0. The Balaban J connectivity index is 4.11. The molecule has 1 rings (SSSR count). The number of Topliss-reactive ketones (excluding diaryl/α,β-unsaturated/α-hetero) is 2. The van der Waals surface area contributed by atoms with Gasteiger partial charge in [0, 0.05) is 49.0 Å². The Morgan fingerprint density at radius 3 is 1.60 bits per heavy atom. The van der Waals surface area contributed by atoms with Crippen molar-refractivity contribution in [3.63, 3.8) is 0 Å². The number of carbonyl (C=O) groups is 4. The largest absolute Gasteiger partial charge is 0.508 e. The zero-order chi connectivity index (χ0) is 63.2. The molecule has 1 heterocycles. The quantitative estimate of drug-likeness (QED) is 0.0271. The van der Waals surface area contributed by atoms with Crippen molar-refractivity contribution in [3.8, 4) is 0 Å². The summed E-state index contributed by atoms with van der Waals surface area (Å²) in [6, 6.07) is 2.40. The van der Waals surface area contributed by atoms with E-state index in [1.807, 2.05) is 59.9 Å². The van der Waals surface area contributed by atoms with Gasteiger partial charge in [-0.25, -0.2) is 9.59 Å². The van der Waals surface area contributed by atoms with Gasteiger partial charge in [0.1, 0.15) is 43.1 Å². The first kappa shape index (κ1) is 76.6. The van der Waals surface area contributed by atoms with Crippen LogP contribution in [-0.2, 0) is 55.8 Å². The van der Waals surface area contributed by atoms with Gasteiger partial charge in [-0.05, 0) is 98.9 Å². The normalized spacial score (nSPS) is 21.5. The highest BCUT2D eigenvalue weighted by molar-refractivity contribution is 6.75. The lowest BCUT2D eigenvalue weighted by atomic mass is 9.78. The number of hydrogen-bond donors (Lipinski definition) is 1. The van der Waals surface area contributed by atoms with Crippen LogP contribution in [0, 0.1) is 35.5 Å². The van der Waals surface area contributed by atoms with Crippen LogP contribution < -0.4 is 0 Å². The van der Waals surface area contributed by atoms with Crippen molar-refractivity contribution < 1.29 is 65.7 Å². The topological polar surface area (TPSA) is 175 Å². The lowest BCUT2D eigenvalue weighted by Crippen LogP contribution is -2.58. The first-order valence-electron chi connectivity index (χ1n) is 30.1. The van der Waals surface area contributed by atoms with Gasteiger partial charge in [0.2, 0.25) is 0 Å². The molecule has 0 aromatic carbocycles. The lowest BCUT2D eigenvalue weighted by molar-refractivity contribution is -0.162. The zero-order valence-corrected chi connectivity index (χ0v) is 60.0. The SMILES string of the molecule is C=CCOC(=O)OC[C@@H]([C@H](O[Si](CC)(CC)CC)[C@H](C)[C@@H](O)CC(=O)[C@@H](C)/C=C(\C)[C@H](O[Si](C)(C)C(C)(C)C)[C@@H](C)C(=O)[C@@H](C)[C@H](OC)[C@@H](O[Si](C)(C)C(C)(C)C)C(=O)OCC=C)[C@H](O[Si](C)(C)C(C)(C)C)[C@@]1(C)O[C@@H]1[C@@H](C)/C=C\C. The number of aliphatic hydroxyl groups excluding tert-OH is 1. The predicted molar refractivity (Wildman–Crippen MR) is 340 cm³/mol. The maximum absolute atomic E-state index is 15.1. The molecule has 0 bridgehead atoms. The number of methoxy groups -OCH3 is 1. The second-order valence-corrected chi connectivity index (χ2v) is 47.0. The summed E-state index contributed by atoms with van der Waals surface area (Å²) in [5, 5.41) is 11.9. The minimum Gasteiger partial charge on any atom is -0.460 e. The van der Waals surface area contributed by atoms with Gasteiger partial charge in [0.15, 0.2) is 39.4 Å². The van der Waals surface area contributed by atoms with Gasteiger partial charge in [-0.15, -0.1) is 0 Å². The number of esters is 1. The number of rotatable bonds is 36. The van der Waals surface area contributed by atoms with E-state index >= 15 is 4.79 Å². The highest BCUT2D eigenvalue weighted by Crippen LogP contribution is 2.52. The minimum absolute atomic E-state index is 0.0269. The first-order valence-corrected chi connectivity index (χ1v) is 41.3. The molecule has 0 aromatic rings. The summed E-state index contributed by atoms with van der Waals surface area (Å²) in [5.74, 6) is -4.64. The maximum Gasteiger partial charge on any atom is 0.508 e. The van der Waals surface area contributed by atoms with Crippen LogP contribution in [0.25, 0.3) is 0 Å². The lowest BCUT2D eigenvalue weighted by Gasteiger charge is -2.47. The van der Waals surface area contributed by atoms with Crippen LogP contribution in [0.5, 0.6) is 0 Å². The highest BCUT2D eigenvalue weighted by atomic mass is 28.4. The summed E-state index contributed by atoms with van der Waals surface area (Å²) in [6.45, 7) is 60.9. The number of allylic oxidation sites excluding steroid dienone is 2. The fourth-order valence-corrected chi connectivity index (χ4v) is 16.9. The molecule has 470 valence electrons. The van der Waals surface area contributed by atoms with Gasteiger partial charge in [0.25, 0.3) is 0 Å². The summed E-state index contributed by atoms with van der Waals surface area (Å²) < 4.78 is 58.7. The van der Waals surface area contributed by atoms with E-state index in [-0.39, 0.29) is 64.9 Å². The number of ketones is 2. The summed E-state index contributed by atoms with van der Waals surface area (Å²) in [6.07, 6.45) is 2.13. The van der Waals surface area contributed by atoms with E-state index in [9.17, 15) is 19.5 Å². The smallest absolute Gasteiger partial charge is 0.460 e. The van der Waals surface area contributed by atoms with Crippen LogP contribution in [0.2, 0.25) is 72.5 Å². The van der Waals surface area contributed by atoms with E-state index < -0.39 is 117 Å². The van der Waals surface area contributed by atoms with E-state index in [0.717, 1.165) is 18.1 Å². The number of epoxide rings is 1. The van der Waals surface area contributed by atoms with Crippen molar-refractivity contribution in [1.29, 1.82) is 0 Å². The Labute approximate surface area is 497 Å². The number of ether oxygens (including phenoxy) is 5. The Morgan fingerprint density at radius 1 is 0.691 bits per heavy atom. The molecule has 0 amide bonds. The summed E-state index contributed by atoms with van der Waals surface area (Å²) in [4.78, 5) is 57.0. The van der Waals surface area contributed by atoms with Crippen molar-refractivity contribution in [1.82, 2.24) is 0 Å². The fourth-order valence-electron chi connectivity index (χ4n) is 9.93. The van der Waals surface area contributed by atoms with Gasteiger partial charge >= 0.3 is 12.1 Å². The molecule has 1 N–H and O–H groups in total. The van der Waals surface area contributed by atoms with Crippen LogP contribution in [0.15, 0.2) is 49.1 Å². The van der Waals surface area contributed by atoms with Crippen molar-refractivity contribution in [3.05, 3.63) is 49.1 Å². The summed E-state index contributed by atoms with van der Waals surface area (Å²) in [5.41, 5.74) is -0.135. The van der Waals surface area contributed by atoms with E-state index in [0.29, 0.717) is 5.57 Å². The Kier molecular flexibility index (Phi) is 29.6. The van der Waals surface area contributed by atoms with Crippen molar-refractivity contribution in [2.24, 2.45) is 35.5 Å². The van der Waals surface area contributed by atoms with Crippen LogP contribution >= 0.6 is 0 Å². The number of aliphatic hydroxyl groups is 1. The third-order valence-electron chi connectivity index (χ3n) is 18.9. The van der Waals surface area contributed by atoms with Crippen molar-refractivity contribution in [2.75, 3.05) is 26.9 Å². The molecule has 0 saturated carbocycles. The molecule has 0 radical (unpaired) electrons. The van der Waals surface area contributed by atoms with E-state index in [1.165, 1.54) is 19.3 Å². The average molecular weight is 1210 g/mol. The van der Waals surface area contributed by atoms with E-state index in [2.05, 4.69) is 142 Å². The third kappa shape index (κ3) is 20.7. The molecular formula is C63H118O14Si4. The Hall–Kier alpha value is -2.37. The number of carbonyl (C=O) groups excluding carboxylic acids is 4. The average Bonchev–Trinajstić information content (AvgIpc) is 4.07. The number of hydrogen-bond acceptors (Lipinski definition) is 14. The second kappa shape index (κ2) is 31.3. The van der Waals surface area contributed by atoms with Crippen LogP contribution in [-0.4, -0.2) is 137 Å². The predicted octanol–water partition coefficient (Wildman–Crippen LogP) is 15.0. The fraction of sp³-hybridized carbons (Fsp3) is 0.810. The van der Waals surface area contributed by atoms with Crippen LogP contribution in [0.3, 0.4) is 0 Å². The van der Waals surface area contributed by atoms with Crippen LogP contribution in [0.1, 0.15) is 145 Å². The molecule has 0 spiro atoms. The summed E-state index contributed by atoms with van der Waals surface area (Å²) >= 11 is 0. The van der Waals surface area contributed by atoms with E-state index in [4.69, 9.17) is 41.4 Å². The zero-order valence-electron chi connectivity index (χ0n) is 56.0.